The zero-order chi connectivity index (χ0) is 11.4. The minimum Gasteiger partial charge on any atom is -0.392 e. The first-order chi connectivity index (χ1) is 7.75. The van der Waals surface area contributed by atoms with Gasteiger partial charge >= 0.3 is 0 Å². The second kappa shape index (κ2) is 5.23. The van der Waals surface area contributed by atoms with Crippen LogP contribution in [0.2, 0.25) is 0 Å². The van der Waals surface area contributed by atoms with Crippen molar-refractivity contribution in [1.29, 1.82) is 0 Å². The number of benzene rings is 1. The molecule has 16 heavy (non-hydrogen) atoms. The van der Waals surface area contributed by atoms with Crippen LogP contribution in [0.5, 0.6) is 0 Å². The van der Waals surface area contributed by atoms with Gasteiger partial charge < -0.3 is 5.11 Å². The quantitative estimate of drug-likeness (QED) is 0.880. The molecular weight excluding hydrogens is 218 g/mol. The van der Waals surface area contributed by atoms with Crippen molar-refractivity contribution in [2.24, 2.45) is 0 Å². The molecular formula is C13H15NOS. The second-order valence-corrected chi connectivity index (χ2v) is 4.89. The molecule has 1 N–H and O–H groups in total. The van der Waals surface area contributed by atoms with Crippen LogP contribution in [0.25, 0.3) is 0 Å². The Bertz CT molecular complexity index is 439. The average Bonchev–Trinajstić information content (AvgIpc) is 2.74. The Labute approximate surface area is 99.6 Å². The highest BCUT2D eigenvalue weighted by Crippen LogP contribution is 2.13. The molecule has 1 aromatic carbocycles. The third kappa shape index (κ3) is 2.90. The van der Waals surface area contributed by atoms with Gasteiger partial charge in [0, 0.05) is 18.0 Å². The number of aliphatic hydroxyl groups excluding tert-OH is 1. The lowest BCUT2D eigenvalue weighted by atomic mass is 10.0. The van der Waals surface area contributed by atoms with Crippen LogP contribution in [-0.2, 0) is 12.8 Å². The van der Waals surface area contributed by atoms with E-state index in [9.17, 15) is 5.11 Å². The molecule has 0 saturated heterocycles. The van der Waals surface area contributed by atoms with E-state index in [4.69, 9.17) is 0 Å². The van der Waals surface area contributed by atoms with Gasteiger partial charge in [-0.05, 0) is 24.5 Å². The molecule has 2 nitrogen and oxygen atoms in total. The normalized spacial score (nSPS) is 12.6. The third-order valence-corrected chi connectivity index (χ3v) is 3.41. The molecule has 3 heteroatoms. The molecule has 0 spiro atoms. The topological polar surface area (TPSA) is 33.1 Å². The van der Waals surface area contributed by atoms with E-state index < -0.39 is 0 Å². The van der Waals surface area contributed by atoms with E-state index in [0.29, 0.717) is 12.8 Å². The van der Waals surface area contributed by atoms with Crippen LogP contribution in [0.15, 0.2) is 35.8 Å². The van der Waals surface area contributed by atoms with E-state index in [0.717, 1.165) is 5.01 Å². The standard InChI is InChI=1S/C13H15NOS/c1-10-4-2-3-5-11(10)8-12(15)9-13-14-6-7-16-13/h2-7,12,15H,8-9H2,1H3. The molecule has 0 saturated carbocycles. The predicted molar refractivity (Wildman–Crippen MR) is 66.7 cm³/mol. The molecule has 2 rings (SSSR count). The number of thiazole rings is 1. The summed E-state index contributed by atoms with van der Waals surface area (Å²) < 4.78 is 0. The van der Waals surface area contributed by atoms with Crippen LogP contribution >= 0.6 is 11.3 Å². The Morgan fingerprint density at radius 1 is 1.31 bits per heavy atom. The van der Waals surface area contributed by atoms with E-state index in [1.54, 1.807) is 17.5 Å². The molecule has 0 aliphatic rings. The summed E-state index contributed by atoms with van der Waals surface area (Å²) in [5.41, 5.74) is 2.45. The van der Waals surface area contributed by atoms with E-state index in [2.05, 4.69) is 24.0 Å². The van der Waals surface area contributed by atoms with Crippen molar-refractivity contribution in [3.05, 3.63) is 52.0 Å². The lowest BCUT2D eigenvalue weighted by molar-refractivity contribution is 0.175. The van der Waals surface area contributed by atoms with E-state index in [1.807, 2.05) is 17.5 Å². The highest BCUT2D eigenvalue weighted by molar-refractivity contribution is 7.09. The van der Waals surface area contributed by atoms with Crippen LogP contribution in [-0.4, -0.2) is 16.2 Å². The number of nitrogens with zero attached hydrogens (tertiary/aromatic N) is 1. The molecule has 0 aliphatic heterocycles. The van der Waals surface area contributed by atoms with Gasteiger partial charge in [0.05, 0.1) is 11.1 Å². The van der Waals surface area contributed by atoms with Gasteiger partial charge in [0.15, 0.2) is 0 Å². The maximum Gasteiger partial charge on any atom is 0.0950 e. The van der Waals surface area contributed by atoms with Gasteiger partial charge in [-0.1, -0.05) is 24.3 Å². The maximum atomic E-state index is 9.97. The average molecular weight is 233 g/mol. The fraction of sp³-hybridized carbons (Fsp3) is 0.308. The van der Waals surface area contributed by atoms with Crippen molar-refractivity contribution >= 4 is 11.3 Å². The largest absolute Gasteiger partial charge is 0.392 e. The molecule has 1 heterocycles. The molecule has 0 fully saturated rings. The zero-order valence-corrected chi connectivity index (χ0v) is 10.1. The fourth-order valence-electron chi connectivity index (χ4n) is 1.72. The Morgan fingerprint density at radius 2 is 2.12 bits per heavy atom. The highest BCUT2D eigenvalue weighted by atomic mass is 32.1. The number of aromatic nitrogens is 1. The molecule has 0 bridgehead atoms. The van der Waals surface area contributed by atoms with Crippen molar-refractivity contribution in [3.8, 4) is 0 Å². The van der Waals surface area contributed by atoms with Gasteiger partial charge in [-0.15, -0.1) is 11.3 Å². The van der Waals surface area contributed by atoms with Gasteiger partial charge in [-0.3, -0.25) is 0 Å². The minimum atomic E-state index is -0.341. The van der Waals surface area contributed by atoms with E-state index in [-0.39, 0.29) is 6.10 Å². The van der Waals surface area contributed by atoms with Crippen molar-refractivity contribution in [2.75, 3.05) is 0 Å². The predicted octanol–water partition coefficient (Wildman–Crippen LogP) is 2.60. The SMILES string of the molecule is Cc1ccccc1CC(O)Cc1nccs1. The summed E-state index contributed by atoms with van der Waals surface area (Å²) in [5, 5.41) is 12.9. The van der Waals surface area contributed by atoms with Crippen LogP contribution in [0.1, 0.15) is 16.1 Å². The number of hydrogen-bond donors (Lipinski definition) is 1. The molecule has 1 unspecified atom stereocenters. The first-order valence-electron chi connectivity index (χ1n) is 5.36. The Balaban J connectivity index is 1.97. The summed E-state index contributed by atoms with van der Waals surface area (Å²) in [7, 11) is 0. The van der Waals surface area contributed by atoms with Crippen LogP contribution < -0.4 is 0 Å². The van der Waals surface area contributed by atoms with Crippen molar-refractivity contribution in [1.82, 2.24) is 4.98 Å². The van der Waals surface area contributed by atoms with Crippen LogP contribution in [0.3, 0.4) is 0 Å². The zero-order valence-electron chi connectivity index (χ0n) is 9.26. The Kier molecular flexibility index (Phi) is 3.70. The van der Waals surface area contributed by atoms with Crippen molar-refractivity contribution in [2.45, 2.75) is 25.9 Å². The lowest BCUT2D eigenvalue weighted by Gasteiger charge is -2.10. The first kappa shape index (κ1) is 11.3. The molecule has 1 atom stereocenters. The van der Waals surface area contributed by atoms with Gasteiger partial charge in [-0.25, -0.2) is 4.98 Å². The monoisotopic (exact) mass is 233 g/mol. The second-order valence-electron chi connectivity index (χ2n) is 3.91. The number of aliphatic hydroxyl groups is 1. The maximum absolute atomic E-state index is 9.97. The van der Waals surface area contributed by atoms with Gasteiger partial charge in [0.25, 0.3) is 0 Å². The molecule has 0 amide bonds. The first-order valence-corrected chi connectivity index (χ1v) is 6.24. The van der Waals surface area contributed by atoms with Crippen molar-refractivity contribution in [3.63, 3.8) is 0 Å². The summed E-state index contributed by atoms with van der Waals surface area (Å²) in [4.78, 5) is 4.18. The summed E-state index contributed by atoms with van der Waals surface area (Å²) in [6, 6.07) is 8.18. The minimum absolute atomic E-state index is 0.341. The number of hydrogen-bond acceptors (Lipinski definition) is 3. The van der Waals surface area contributed by atoms with Gasteiger partial charge in [0.1, 0.15) is 0 Å². The molecule has 1 aromatic heterocycles. The summed E-state index contributed by atoms with van der Waals surface area (Å²) in [5.74, 6) is 0. The smallest absolute Gasteiger partial charge is 0.0950 e. The lowest BCUT2D eigenvalue weighted by Crippen LogP contribution is -2.14. The molecule has 84 valence electrons. The van der Waals surface area contributed by atoms with Gasteiger partial charge in [-0.2, -0.15) is 0 Å². The van der Waals surface area contributed by atoms with Crippen LogP contribution in [0.4, 0.5) is 0 Å². The number of aryl methyl sites for hydroxylation is 1. The highest BCUT2D eigenvalue weighted by Gasteiger charge is 2.09. The summed E-state index contributed by atoms with van der Waals surface area (Å²) in [6.07, 6.45) is 2.78. The molecule has 0 radical (unpaired) electrons. The summed E-state index contributed by atoms with van der Waals surface area (Å²) >= 11 is 1.59. The van der Waals surface area contributed by atoms with E-state index >= 15 is 0 Å². The van der Waals surface area contributed by atoms with E-state index in [1.165, 1.54) is 11.1 Å². The molecule has 2 aromatic rings. The Hall–Kier alpha value is -1.19. The van der Waals surface area contributed by atoms with Gasteiger partial charge in [0.2, 0.25) is 0 Å². The van der Waals surface area contributed by atoms with Crippen LogP contribution in [0, 0.1) is 6.92 Å². The third-order valence-electron chi connectivity index (χ3n) is 2.61. The number of rotatable bonds is 4. The summed E-state index contributed by atoms with van der Waals surface area (Å²) in [6.45, 7) is 2.07. The Morgan fingerprint density at radius 3 is 2.81 bits per heavy atom. The molecule has 0 aliphatic carbocycles. The fourth-order valence-corrected chi connectivity index (χ4v) is 2.41. The van der Waals surface area contributed by atoms with Crippen molar-refractivity contribution < 1.29 is 5.11 Å².